The summed E-state index contributed by atoms with van der Waals surface area (Å²) in [6, 6.07) is 15.8. The fraction of sp³-hybridized carbons (Fsp3) is 0.321. The molecule has 1 unspecified atom stereocenters. The summed E-state index contributed by atoms with van der Waals surface area (Å²) >= 11 is 12.2. The molecule has 2 atom stereocenters. The summed E-state index contributed by atoms with van der Waals surface area (Å²) in [5.74, 6) is 0. The molecule has 38 heavy (non-hydrogen) atoms. The Morgan fingerprint density at radius 1 is 1.13 bits per heavy atom. The summed E-state index contributed by atoms with van der Waals surface area (Å²) in [6.45, 7) is 3.12. The van der Waals surface area contributed by atoms with Gasteiger partial charge in [-0.25, -0.2) is 4.79 Å². The Labute approximate surface area is 232 Å². The number of rotatable bonds is 10. The number of carbonyl (C=O) groups excluding carboxylic acids is 2. The normalized spacial score (nSPS) is 16.7. The van der Waals surface area contributed by atoms with Gasteiger partial charge in [0.1, 0.15) is 5.60 Å². The lowest BCUT2D eigenvalue weighted by molar-refractivity contribution is -0.104. The van der Waals surface area contributed by atoms with Crippen molar-refractivity contribution < 1.29 is 19.4 Å². The topological polar surface area (TPSA) is 95.0 Å². The van der Waals surface area contributed by atoms with Crippen molar-refractivity contribution >= 4 is 35.5 Å². The predicted octanol–water partition coefficient (Wildman–Crippen LogP) is 4.41. The summed E-state index contributed by atoms with van der Waals surface area (Å²) in [5.41, 5.74) is 0.328. The van der Waals surface area contributed by atoms with Crippen LogP contribution in [0.2, 0.25) is 10.0 Å². The van der Waals surface area contributed by atoms with Crippen LogP contribution in [0.1, 0.15) is 39.7 Å². The zero-order valence-corrected chi connectivity index (χ0v) is 23.0. The van der Waals surface area contributed by atoms with E-state index < -0.39 is 11.3 Å². The highest BCUT2D eigenvalue weighted by Gasteiger charge is 2.42. The molecule has 8 nitrogen and oxygen atoms in total. The second-order valence-electron chi connectivity index (χ2n) is 9.53. The molecular weight excluding hydrogens is 527 g/mol. The summed E-state index contributed by atoms with van der Waals surface area (Å²) < 4.78 is 6.24. The Hall–Kier alpha value is -3.01. The minimum atomic E-state index is -1.38. The quantitative estimate of drug-likeness (QED) is 0.283. The highest BCUT2D eigenvalue weighted by molar-refractivity contribution is 6.30. The number of carbonyl (C=O) groups is 2. The average molecular weight is 557 g/mol. The highest BCUT2D eigenvalue weighted by Crippen LogP contribution is 2.40. The number of aliphatic hydroxyl groups is 1. The minimum absolute atomic E-state index is 0.0885. The maximum absolute atomic E-state index is 12.5. The second-order valence-corrected chi connectivity index (χ2v) is 10.4. The first kappa shape index (κ1) is 28.0. The van der Waals surface area contributed by atoms with Crippen molar-refractivity contribution in [1.82, 2.24) is 20.1 Å². The molecule has 0 aliphatic carbocycles. The van der Waals surface area contributed by atoms with Crippen molar-refractivity contribution in [2.75, 3.05) is 33.8 Å². The van der Waals surface area contributed by atoms with Crippen LogP contribution in [0.5, 0.6) is 0 Å². The number of pyridine rings is 1. The van der Waals surface area contributed by atoms with Gasteiger partial charge in [0.25, 0.3) is 0 Å². The van der Waals surface area contributed by atoms with Gasteiger partial charge in [0.15, 0.2) is 12.0 Å². The van der Waals surface area contributed by atoms with Gasteiger partial charge in [-0.15, -0.1) is 0 Å². The summed E-state index contributed by atoms with van der Waals surface area (Å²) in [7, 11) is 3.45. The largest absolute Gasteiger partial charge is 0.384 e. The first-order valence-corrected chi connectivity index (χ1v) is 12.8. The van der Waals surface area contributed by atoms with Crippen molar-refractivity contribution in [3.63, 3.8) is 0 Å². The van der Waals surface area contributed by atoms with Crippen LogP contribution in [0, 0.1) is 0 Å². The highest BCUT2D eigenvalue weighted by atomic mass is 35.5. The number of hydrogen-bond donors (Lipinski definition) is 2. The van der Waals surface area contributed by atoms with Crippen LogP contribution in [-0.2, 0) is 22.6 Å². The van der Waals surface area contributed by atoms with Crippen LogP contribution in [0.4, 0.5) is 4.79 Å². The first-order valence-electron chi connectivity index (χ1n) is 12.1. The van der Waals surface area contributed by atoms with Crippen LogP contribution < -0.4 is 5.32 Å². The second kappa shape index (κ2) is 11.4. The standard InChI is InChI=1S/C28H30Cl2N4O4/c1-27(37,18-34-13-12-31-26(34)36)21-6-11-25(19(14-21)17-35)28(38-3,20-4-7-22(29)8-5-20)33(2)16-24-10-9-23(30)15-32-24/h4-11,14-15,17,37H,12-13,16,18H2,1-3H3,(H,31,36)/t27?,28-/m1/s1. The molecule has 0 saturated carbocycles. The maximum atomic E-state index is 12.5. The van der Waals surface area contributed by atoms with Crippen LogP contribution in [0.3, 0.4) is 0 Å². The number of halogens is 2. The number of aldehydes is 1. The van der Waals surface area contributed by atoms with Gasteiger partial charge in [-0.1, -0.05) is 47.5 Å². The molecule has 3 aromatic rings. The molecule has 4 rings (SSSR count). The van der Waals surface area contributed by atoms with E-state index in [4.69, 9.17) is 27.9 Å². The van der Waals surface area contributed by atoms with E-state index in [1.165, 1.54) is 0 Å². The van der Waals surface area contributed by atoms with Crippen molar-refractivity contribution in [1.29, 1.82) is 0 Å². The van der Waals surface area contributed by atoms with Crippen LogP contribution in [-0.4, -0.2) is 66.0 Å². The summed E-state index contributed by atoms with van der Waals surface area (Å²) in [5, 5.41) is 15.1. The first-order chi connectivity index (χ1) is 18.1. The van der Waals surface area contributed by atoms with Gasteiger partial charge in [0.2, 0.25) is 0 Å². The number of amides is 2. The van der Waals surface area contributed by atoms with Gasteiger partial charge in [-0.3, -0.25) is 14.7 Å². The summed E-state index contributed by atoms with van der Waals surface area (Å²) in [4.78, 5) is 32.5. The molecular formula is C28H30Cl2N4O4. The molecule has 2 amide bonds. The zero-order chi connectivity index (χ0) is 27.5. The Morgan fingerprint density at radius 3 is 2.39 bits per heavy atom. The van der Waals surface area contributed by atoms with Gasteiger partial charge < -0.3 is 20.1 Å². The molecule has 1 aliphatic rings. The number of ether oxygens (including phenoxy) is 1. The number of nitrogens with one attached hydrogen (secondary N) is 1. The molecule has 1 aliphatic heterocycles. The molecule has 10 heteroatoms. The number of β-amino-alcohol motifs (C(OH)–C–C–N with tert-alkyl or cyclic N) is 1. The average Bonchev–Trinajstić information content (AvgIpc) is 3.30. The van der Waals surface area contributed by atoms with Crippen LogP contribution in [0.25, 0.3) is 0 Å². The Kier molecular flexibility index (Phi) is 8.40. The molecule has 0 spiro atoms. The minimum Gasteiger partial charge on any atom is -0.384 e. The van der Waals surface area contributed by atoms with E-state index in [2.05, 4.69) is 10.3 Å². The fourth-order valence-electron chi connectivity index (χ4n) is 4.92. The van der Waals surface area contributed by atoms with E-state index in [9.17, 15) is 14.7 Å². The van der Waals surface area contributed by atoms with Gasteiger partial charge in [0, 0.05) is 54.7 Å². The lowest BCUT2D eigenvalue weighted by atomic mass is 9.85. The van der Waals surface area contributed by atoms with E-state index in [-0.39, 0.29) is 12.6 Å². The SMILES string of the molecule is CO[C@](c1ccc(Cl)cc1)(c1ccc(C(C)(O)CN2CCNC2=O)cc1C=O)N(C)Cc1ccc(Cl)cn1. The third-order valence-electron chi connectivity index (χ3n) is 6.87. The van der Waals surface area contributed by atoms with Gasteiger partial charge in [0.05, 0.1) is 17.3 Å². The molecule has 2 aromatic carbocycles. The number of nitrogens with zero attached hydrogens (tertiary/aromatic N) is 3. The summed E-state index contributed by atoms with van der Waals surface area (Å²) in [6.07, 6.45) is 2.32. The van der Waals surface area contributed by atoms with Crippen LogP contribution >= 0.6 is 23.2 Å². The van der Waals surface area contributed by atoms with Gasteiger partial charge >= 0.3 is 6.03 Å². The predicted molar refractivity (Wildman–Crippen MR) is 146 cm³/mol. The monoisotopic (exact) mass is 556 g/mol. The molecule has 1 fully saturated rings. The number of urea groups is 1. The Morgan fingerprint density at radius 2 is 1.82 bits per heavy atom. The van der Waals surface area contributed by atoms with E-state index in [0.29, 0.717) is 46.4 Å². The molecule has 200 valence electrons. The maximum Gasteiger partial charge on any atom is 0.317 e. The van der Waals surface area contributed by atoms with Crippen molar-refractivity contribution in [2.24, 2.45) is 0 Å². The lowest BCUT2D eigenvalue weighted by Crippen LogP contribution is -2.47. The molecule has 1 saturated heterocycles. The number of benzene rings is 2. The van der Waals surface area contributed by atoms with E-state index in [1.807, 2.05) is 30.1 Å². The molecule has 1 aromatic heterocycles. The van der Waals surface area contributed by atoms with E-state index >= 15 is 0 Å². The third kappa shape index (κ3) is 5.55. The number of methoxy groups -OCH3 is 1. The van der Waals surface area contributed by atoms with E-state index in [1.54, 1.807) is 61.5 Å². The fourth-order valence-corrected chi connectivity index (χ4v) is 5.16. The number of hydrogen-bond acceptors (Lipinski definition) is 6. The van der Waals surface area contributed by atoms with Crippen molar-refractivity contribution in [3.05, 3.63) is 98.8 Å². The third-order valence-corrected chi connectivity index (χ3v) is 7.34. The molecule has 0 radical (unpaired) electrons. The molecule has 0 bridgehead atoms. The molecule has 2 heterocycles. The van der Waals surface area contributed by atoms with Gasteiger partial charge in [-0.05, 0) is 49.9 Å². The smallest absolute Gasteiger partial charge is 0.317 e. The van der Waals surface area contributed by atoms with Gasteiger partial charge in [-0.2, -0.15) is 0 Å². The number of aromatic nitrogens is 1. The lowest BCUT2D eigenvalue weighted by Gasteiger charge is -2.42. The van der Waals surface area contributed by atoms with Crippen molar-refractivity contribution in [2.45, 2.75) is 24.8 Å². The van der Waals surface area contributed by atoms with E-state index in [0.717, 1.165) is 17.5 Å². The zero-order valence-electron chi connectivity index (χ0n) is 21.4. The van der Waals surface area contributed by atoms with Crippen molar-refractivity contribution in [3.8, 4) is 0 Å². The van der Waals surface area contributed by atoms with Crippen LogP contribution in [0.15, 0.2) is 60.8 Å². The molecule has 2 N–H and O–H groups in total. The Balaban J connectivity index is 1.80. The Bertz CT molecular complexity index is 1300.